The molecular weight excluding hydrogens is 840 g/mol. The van der Waals surface area contributed by atoms with Gasteiger partial charge in [-0.1, -0.05) is 0 Å². The molecule has 0 saturated heterocycles. The predicted molar refractivity (Wildman–Crippen MR) is 198 cm³/mol. The molecule has 0 saturated carbocycles. The summed E-state index contributed by atoms with van der Waals surface area (Å²) in [5.41, 5.74) is 10.9. The molecule has 5 heterocycles. The van der Waals surface area contributed by atoms with Crippen molar-refractivity contribution in [3.8, 4) is 29.1 Å². The van der Waals surface area contributed by atoms with E-state index in [-0.39, 0.29) is 156 Å². The third kappa shape index (κ3) is 10.2. The summed E-state index contributed by atoms with van der Waals surface area (Å²) in [6.07, 6.45) is 2.22. The van der Waals surface area contributed by atoms with Crippen molar-refractivity contribution in [2.45, 2.75) is 13.8 Å². The first kappa shape index (κ1) is 52.8. The molecule has 0 atom stereocenters. The predicted octanol–water partition coefficient (Wildman–Crippen LogP) is -12.3. The first-order valence-corrected chi connectivity index (χ1v) is 17.1. The minimum Gasteiger partial charge on any atom is -0.545 e. The average molecular weight is 860 g/mol. The van der Waals surface area contributed by atoms with Crippen molar-refractivity contribution in [1.82, 2.24) is 49.3 Å². The topological polar surface area (TPSA) is 387 Å². The van der Waals surface area contributed by atoms with Gasteiger partial charge in [0, 0.05) is 0 Å². The Morgan fingerprint density at radius 1 is 0.621 bits per heavy atom. The molecule has 30 heteroatoms. The van der Waals surface area contributed by atoms with Gasteiger partial charge in [-0.15, -0.1) is 30.7 Å². The number of hydrogen-bond donors (Lipinski definition) is 2. The van der Waals surface area contributed by atoms with Gasteiger partial charge >= 0.3 is 75.4 Å². The number of aromatic nitrogens is 10. The van der Waals surface area contributed by atoms with E-state index in [1.54, 1.807) is 13.8 Å². The zero-order valence-electron chi connectivity index (χ0n) is 35.3. The number of anilines is 2. The fourth-order valence-electron chi connectivity index (χ4n) is 5.75. The Kier molecular flexibility index (Phi) is 17.1. The second kappa shape index (κ2) is 21.4. The van der Waals surface area contributed by atoms with Crippen LogP contribution in [0.5, 0.6) is 0 Å². The van der Waals surface area contributed by atoms with Crippen LogP contribution in [0.3, 0.4) is 0 Å². The normalized spacial score (nSPS) is 10.5. The van der Waals surface area contributed by atoms with Gasteiger partial charge in [-0.25, -0.2) is 14.2 Å². The SMILES string of the molecule is [C-]#[N+]c1cnn(-c2cc(C(=O)[O-])cc(C(=O)[O-])c2)c1N=Nc1c(C)nn(-c2ccc(-n3nc(C)c(N=Nc4c(C#N)cnn4-c4cc(C(=O)[O-])cc(C(=O)[O-])c4)c3N)nn2)c1N.[Li+].[Li+].[Li+].[Li+]. The Hall–Kier alpha value is -7.59. The maximum atomic E-state index is 11.6. The van der Waals surface area contributed by atoms with Crippen LogP contribution in [0.4, 0.5) is 40.3 Å². The molecule has 7 rings (SSSR count). The van der Waals surface area contributed by atoms with E-state index in [0.717, 1.165) is 58.2 Å². The van der Waals surface area contributed by atoms with Gasteiger partial charge < -0.3 is 51.1 Å². The summed E-state index contributed by atoms with van der Waals surface area (Å²) in [5.74, 6) is -7.05. The van der Waals surface area contributed by atoms with E-state index in [1.165, 1.54) is 21.5 Å². The molecule has 0 unspecified atom stereocenters. The Morgan fingerprint density at radius 2 is 1.00 bits per heavy atom. The number of nitrogen functional groups attached to an aromatic ring is 2. The number of nitriles is 1. The smallest absolute Gasteiger partial charge is 0.545 e. The van der Waals surface area contributed by atoms with Crippen LogP contribution in [0.1, 0.15) is 58.4 Å². The van der Waals surface area contributed by atoms with E-state index in [4.69, 9.17) is 18.0 Å². The van der Waals surface area contributed by atoms with Gasteiger partial charge in [-0.2, -0.15) is 35.0 Å². The van der Waals surface area contributed by atoms with Crippen LogP contribution in [-0.2, 0) is 0 Å². The number of carboxylic acid groups (broad SMARTS) is 4. The zero-order chi connectivity index (χ0) is 44.6. The molecule has 7 aromatic rings. The fourth-order valence-corrected chi connectivity index (χ4v) is 5.75. The van der Waals surface area contributed by atoms with E-state index >= 15 is 0 Å². The molecule has 4 N–H and O–H groups in total. The molecule has 0 spiro atoms. The molecule has 66 heavy (non-hydrogen) atoms. The van der Waals surface area contributed by atoms with Crippen molar-refractivity contribution < 1.29 is 115 Å². The molecule has 0 aliphatic carbocycles. The van der Waals surface area contributed by atoms with Gasteiger partial charge in [0.15, 0.2) is 46.3 Å². The molecule has 0 amide bonds. The number of benzene rings is 2. The number of nitrogens with zero attached hydrogens (tertiary/aromatic N) is 16. The average Bonchev–Trinajstić information content (AvgIpc) is 4.01. The zero-order valence-corrected chi connectivity index (χ0v) is 35.3. The second-order valence-electron chi connectivity index (χ2n) is 12.6. The van der Waals surface area contributed by atoms with Crippen LogP contribution in [-0.4, -0.2) is 73.2 Å². The number of nitrogens with two attached hydrogens (primary N) is 2. The van der Waals surface area contributed by atoms with Crippen molar-refractivity contribution >= 4 is 64.2 Å². The quantitative estimate of drug-likeness (QED) is 0.0654. The second-order valence-corrected chi connectivity index (χ2v) is 12.6. The maximum absolute atomic E-state index is 11.6. The number of aromatic carboxylic acids is 4. The maximum Gasteiger partial charge on any atom is 1.00 e. The number of aryl methyl sites for hydroxylation is 2. The van der Waals surface area contributed by atoms with Crippen LogP contribution in [0.15, 0.2) is 81.4 Å². The van der Waals surface area contributed by atoms with Crippen LogP contribution < -0.4 is 107 Å². The van der Waals surface area contributed by atoms with Gasteiger partial charge in [-0.05, 0) is 84.6 Å². The van der Waals surface area contributed by atoms with Crippen molar-refractivity contribution in [2.75, 3.05) is 11.5 Å². The Bertz CT molecular complexity index is 2920. The first-order chi connectivity index (χ1) is 29.6. The van der Waals surface area contributed by atoms with Gasteiger partial charge in [0.25, 0.3) is 5.69 Å². The molecule has 0 radical (unpaired) electrons. The van der Waals surface area contributed by atoms with Gasteiger partial charge in [-0.3, -0.25) is 0 Å². The van der Waals surface area contributed by atoms with Crippen molar-refractivity contribution in [1.29, 1.82) is 5.26 Å². The van der Waals surface area contributed by atoms with E-state index in [0.29, 0.717) is 0 Å². The number of hydrogen-bond acceptors (Lipinski definition) is 21. The van der Waals surface area contributed by atoms with E-state index in [1.807, 2.05) is 6.07 Å². The monoisotopic (exact) mass is 860 g/mol. The van der Waals surface area contributed by atoms with Crippen LogP contribution >= 0.6 is 0 Å². The molecule has 0 aliphatic rings. The number of azo groups is 2. The molecule has 0 aliphatic heterocycles. The number of carbonyl (C=O) groups excluding carboxylic acids is 4. The number of carbonyl (C=O) groups is 4. The third-order valence-corrected chi connectivity index (χ3v) is 8.66. The molecule has 5 aromatic heterocycles. The van der Waals surface area contributed by atoms with Crippen molar-refractivity contribution in [3.05, 3.63) is 112 Å². The summed E-state index contributed by atoms with van der Waals surface area (Å²) in [4.78, 5) is 49.6. The molecular formula is C36H20Li4N18O8. The Morgan fingerprint density at radius 3 is 1.36 bits per heavy atom. The minimum absolute atomic E-state index is 0. The summed E-state index contributed by atoms with van der Waals surface area (Å²) in [5, 5.41) is 97.7. The molecule has 0 fully saturated rings. The molecule has 2 aromatic carbocycles. The van der Waals surface area contributed by atoms with Crippen LogP contribution in [0.25, 0.3) is 27.9 Å². The molecule has 26 nitrogen and oxygen atoms in total. The summed E-state index contributed by atoms with van der Waals surface area (Å²) in [6, 6.07) is 10.8. The molecule has 0 bridgehead atoms. The Balaban J connectivity index is 0.00000289. The van der Waals surface area contributed by atoms with E-state index < -0.39 is 46.1 Å². The minimum atomic E-state index is -1.67. The van der Waals surface area contributed by atoms with Crippen LogP contribution in [0, 0.1) is 31.8 Å². The van der Waals surface area contributed by atoms with Gasteiger partial charge in [0.2, 0.25) is 0 Å². The van der Waals surface area contributed by atoms with E-state index in [9.17, 15) is 44.9 Å². The third-order valence-electron chi connectivity index (χ3n) is 8.66. The summed E-state index contributed by atoms with van der Waals surface area (Å²) in [6.45, 7) is 10.6. The standard InChI is InChI=1S/C36H24N18O8.4Li/c1-15-27(45-47-31-21(12-37)13-41-51(31)22-8-17(33(55)56)6-18(9-22)34(57)58)29(38)53(49-15)25-4-5-26(44-43-25)54-30(39)28(16(2)50-54)46-48-32-24(40-3)14-42-52(32)23-10-19(35(59)60)7-20(11-23)36(61)62;;;;/h4-11,13-14H,38-39H2,1-2H3,(H,55,56)(H,57,58)(H,59,60)(H,61,62);;;;/q;4*+1/p-4. The van der Waals surface area contributed by atoms with Crippen molar-refractivity contribution in [3.63, 3.8) is 0 Å². The summed E-state index contributed by atoms with van der Waals surface area (Å²) >= 11 is 0. The fraction of sp³-hybridized carbons (Fsp3) is 0.0556. The summed E-state index contributed by atoms with van der Waals surface area (Å²) < 4.78 is 4.37. The van der Waals surface area contributed by atoms with Crippen LogP contribution in [0.2, 0.25) is 0 Å². The number of rotatable bonds is 12. The summed E-state index contributed by atoms with van der Waals surface area (Å²) in [7, 11) is 0. The van der Waals surface area contributed by atoms with Gasteiger partial charge in [0.1, 0.15) is 11.6 Å². The first-order valence-electron chi connectivity index (χ1n) is 17.1. The van der Waals surface area contributed by atoms with Crippen molar-refractivity contribution in [2.24, 2.45) is 20.5 Å². The van der Waals surface area contributed by atoms with E-state index in [2.05, 4.69) is 55.9 Å². The Labute approximate surface area is 417 Å². The van der Waals surface area contributed by atoms with Gasteiger partial charge in [0.05, 0.1) is 65.6 Å². The number of carboxylic acids is 4. The molecule has 306 valence electrons. The largest absolute Gasteiger partial charge is 1.00 e.